The number of pyridine rings is 1. The van der Waals surface area contributed by atoms with Crippen molar-refractivity contribution in [1.29, 1.82) is 0 Å². The largest absolute Gasteiger partial charge is 0.317 e. The first kappa shape index (κ1) is 9.66. The highest BCUT2D eigenvalue weighted by molar-refractivity contribution is 5.22. The molecular formula is C12H18N2. The molecule has 0 spiro atoms. The van der Waals surface area contributed by atoms with Gasteiger partial charge >= 0.3 is 0 Å². The minimum absolute atomic E-state index is 0.676. The van der Waals surface area contributed by atoms with Crippen molar-refractivity contribution in [3.63, 3.8) is 0 Å². The lowest BCUT2D eigenvalue weighted by molar-refractivity contribution is 0.452. The number of aromatic nitrogens is 1. The van der Waals surface area contributed by atoms with E-state index in [1.807, 2.05) is 0 Å². The van der Waals surface area contributed by atoms with E-state index in [-0.39, 0.29) is 0 Å². The summed E-state index contributed by atoms with van der Waals surface area (Å²) in [5, 5.41) is 3.38. The minimum atomic E-state index is 0.676. The second kappa shape index (κ2) is 4.09. The summed E-state index contributed by atoms with van der Waals surface area (Å²) in [5.41, 5.74) is 3.76. The van der Waals surface area contributed by atoms with E-state index in [9.17, 15) is 0 Å². The fourth-order valence-electron chi connectivity index (χ4n) is 2.00. The highest BCUT2D eigenvalue weighted by Gasteiger charge is 2.16. The number of nitrogens with one attached hydrogen (secondary N) is 1. The Bertz CT molecular complexity index is 314. The molecule has 2 rings (SSSR count). The summed E-state index contributed by atoms with van der Waals surface area (Å²) in [6, 6.07) is 4.39. The van der Waals surface area contributed by atoms with Crippen LogP contribution in [0.2, 0.25) is 0 Å². The van der Waals surface area contributed by atoms with Crippen molar-refractivity contribution in [3.05, 3.63) is 29.1 Å². The third kappa shape index (κ3) is 1.95. The summed E-state index contributed by atoms with van der Waals surface area (Å²) in [6.07, 6.45) is 2.46. The van der Waals surface area contributed by atoms with Gasteiger partial charge in [0, 0.05) is 17.3 Å². The third-order valence-corrected chi connectivity index (χ3v) is 3.13. The molecular weight excluding hydrogens is 172 g/mol. The van der Waals surface area contributed by atoms with Crippen molar-refractivity contribution in [3.8, 4) is 0 Å². The first-order valence-electron chi connectivity index (χ1n) is 5.42. The van der Waals surface area contributed by atoms with Crippen molar-refractivity contribution in [2.45, 2.75) is 32.6 Å². The van der Waals surface area contributed by atoms with Gasteiger partial charge in [0.15, 0.2) is 0 Å². The van der Waals surface area contributed by atoms with Crippen LogP contribution in [-0.2, 0) is 0 Å². The lowest BCUT2D eigenvalue weighted by Crippen LogP contribution is -2.27. The van der Waals surface area contributed by atoms with Gasteiger partial charge in [0.05, 0.1) is 0 Å². The van der Waals surface area contributed by atoms with Crippen molar-refractivity contribution in [2.75, 3.05) is 13.1 Å². The molecule has 0 aromatic carbocycles. The second-order valence-corrected chi connectivity index (χ2v) is 4.16. The summed E-state index contributed by atoms with van der Waals surface area (Å²) in [5.74, 6) is 0.676. The molecule has 1 saturated heterocycles. The van der Waals surface area contributed by atoms with Crippen LogP contribution in [0.25, 0.3) is 0 Å². The maximum absolute atomic E-state index is 4.67. The lowest BCUT2D eigenvalue weighted by Gasteiger charge is -2.22. The number of hydrogen-bond acceptors (Lipinski definition) is 2. The molecule has 0 aliphatic carbocycles. The van der Waals surface area contributed by atoms with E-state index in [4.69, 9.17) is 0 Å². The van der Waals surface area contributed by atoms with Crippen LogP contribution in [0, 0.1) is 13.8 Å². The van der Waals surface area contributed by atoms with Crippen LogP contribution in [0.5, 0.6) is 0 Å². The topological polar surface area (TPSA) is 24.9 Å². The molecule has 0 saturated carbocycles. The molecule has 1 fully saturated rings. The van der Waals surface area contributed by atoms with Gasteiger partial charge in [0.25, 0.3) is 0 Å². The fraction of sp³-hybridized carbons (Fsp3) is 0.583. The Hall–Kier alpha value is -0.890. The van der Waals surface area contributed by atoms with Crippen LogP contribution >= 0.6 is 0 Å². The number of aryl methyl sites for hydroxylation is 2. The van der Waals surface area contributed by atoms with E-state index in [1.54, 1.807) is 0 Å². The van der Waals surface area contributed by atoms with Crippen LogP contribution in [0.15, 0.2) is 12.1 Å². The first-order chi connectivity index (χ1) is 6.77. The molecule has 2 heteroatoms. The predicted octanol–water partition coefficient (Wildman–Crippen LogP) is 2.17. The van der Waals surface area contributed by atoms with Crippen molar-refractivity contribution in [2.24, 2.45) is 0 Å². The maximum Gasteiger partial charge on any atom is 0.0438 e. The Balaban J connectivity index is 2.18. The highest BCUT2D eigenvalue weighted by Crippen LogP contribution is 2.24. The van der Waals surface area contributed by atoms with E-state index < -0.39 is 0 Å². The minimum Gasteiger partial charge on any atom is -0.317 e. The Labute approximate surface area is 85.7 Å². The van der Waals surface area contributed by atoms with Crippen LogP contribution in [0.3, 0.4) is 0 Å². The van der Waals surface area contributed by atoms with Gasteiger partial charge in [-0.25, -0.2) is 0 Å². The van der Waals surface area contributed by atoms with Crippen LogP contribution < -0.4 is 5.32 Å². The van der Waals surface area contributed by atoms with Crippen molar-refractivity contribution in [1.82, 2.24) is 10.3 Å². The molecule has 1 aliphatic heterocycles. The molecule has 0 bridgehead atoms. The van der Waals surface area contributed by atoms with Gasteiger partial charge in [-0.05, 0) is 51.4 Å². The van der Waals surface area contributed by atoms with Gasteiger partial charge in [-0.2, -0.15) is 0 Å². The molecule has 0 amide bonds. The number of hydrogen-bond donors (Lipinski definition) is 1. The number of nitrogens with zero attached hydrogens (tertiary/aromatic N) is 1. The van der Waals surface area contributed by atoms with E-state index in [2.05, 4.69) is 36.3 Å². The van der Waals surface area contributed by atoms with E-state index in [0.717, 1.165) is 13.1 Å². The van der Waals surface area contributed by atoms with Gasteiger partial charge < -0.3 is 5.32 Å². The molecule has 0 atom stereocenters. The lowest BCUT2D eigenvalue weighted by atomic mass is 9.93. The zero-order valence-electron chi connectivity index (χ0n) is 9.01. The Morgan fingerprint density at radius 3 is 2.57 bits per heavy atom. The smallest absolute Gasteiger partial charge is 0.0438 e. The van der Waals surface area contributed by atoms with Crippen LogP contribution in [0.1, 0.15) is 35.7 Å². The third-order valence-electron chi connectivity index (χ3n) is 3.13. The molecule has 0 unspecified atom stereocenters. The average molecular weight is 190 g/mol. The molecule has 0 radical (unpaired) electrons. The summed E-state index contributed by atoms with van der Waals surface area (Å²) in [4.78, 5) is 4.67. The molecule has 2 nitrogen and oxygen atoms in total. The van der Waals surface area contributed by atoms with Crippen molar-refractivity contribution >= 4 is 0 Å². The zero-order chi connectivity index (χ0) is 9.97. The first-order valence-corrected chi connectivity index (χ1v) is 5.42. The standard InChI is InChI=1S/C12H18N2/c1-9-3-4-12(14-10(9)2)11-5-7-13-8-6-11/h3-4,11,13H,5-8H2,1-2H3. The van der Waals surface area contributed by atoms with E-state index in [1.165, 1.54) is 29.8 Å². The molecule has 1 N–H and O–H groups in total. The SMILES string of the molecule is Cc1ccc(C2CCNCC2)nc1C. The van der Waals surface area contributed by atoms with Gasteiger partial charge in [-0.1, -0.05) is 6.07 Å². The van der Waals surface area contributed by atoms with E-state index in [0.29, 0.717) is 5.92 Å². The monoisotopic (exact) mass is 190 g/mol. The highest BCUT2D eigenvalue weighted by atomic mass is 14.9. The number of piperidine rings is 1. The summed E-state index contributed by atoms with van der Waals surface area (Å²) in [7, 11) is 0. The van der Waals surface area contributed by atoms with Crippen LogP contribution in [-0.4, -0.2) is 18.1 Å². The quantitative estimate of drug-likeness (QED) is 0.734. The molecule has 14 heavy (non-hydrogen) atoms. The van der Waals surface area contributed by atoms with Gasteiger partial charge in [-0.15, -0.1) is 0 Å². The molecule has 1 aromatic heterocycles. The predicted molar refractivity (Wildman–Crippen MR) is 58.6 cm³/mol. The van der Waals surface area contributed by atoms with Gasteiger partial charge in [0.1, 0.15) is 0 Å². The summed E-state index contributed by atoms with van der Waals surface area (Å²) < 4.78 is 0. The second-order valence-electron chi connectivity index (χ2n) is 4.16. The maximum atomic E-state index is 4.67. The van der Waals surface area contributed by atoms with Gasteiger partial charge in [-0.3, -0.25) is 4.98 Å². The Morgan fingerprint density at radius 1 is 1.21 bits per heavy atom. The molecule has 2 heterocycles. The Kier molecular flexibility index (Phi) is 2.82. The molecule has 76 valence electrons. The van der Waals surface area contributed by atoms with Crippen molar-refractivity contribution < 1.29 is 0 Å². The van der Waals surface area contributed by atoms with Gasteiger partial charge in [0.2, 0.25) is 0 Å². The molecule has 1 aromatic rings. The molecule has 1 aliphatic rings. The zero-order valence-corrected chi connectivity index (χ0v) is 9.01. The normalized spacial score (nSPS) is 18.4. The fourth-order valence-corrected chi connectivity index (χ4v) is 2.00. The van der Waals surface area contributed by atoms with Crippen LogP contribution in [0.4, 0.5) is 0 Å². The van der Waals surface area contributed by atoms with E-state index >= 15 is 0 Å². The summed E-state index contributed by atoms with van der Waals surface area (Å²) >= 11 is 0. The Morgan fingerprint density at radius 2 is 1.93 bits per heavy atom. The average Bonchev–Trinajstić information content (AvgIpc) is 2.23. The number of rotatable bonds is 1. The summed E-state index contributed by atoms with van der Waals surface area (Å²) in [6.45, 7) is 6.49.